The summed E-state index contributed by atoms with van der Waals surface area (Å²) in [7, 11) is -2.80. The van der Waals surface area contributed by atoms with Crippen LogP contribution < -0.4 is 5.73 Å². The van der Waals surface area contributed by atoms with Gasteiger partial charge in [0.2, 0.25) is 0 Å². The first-order valence-electron chi connectivity index (χ1n) is 4.88. The molecule has 0 heterocycles. The van der Waals surface area contributed by atoms with E-state index in [1.165, 1.54) is 0 Å². The first-order chi connectivity index (χ1) is 5.98. The standard InChI is InChI=1S/C9H21NO2S/c1-9(2)8-13(11,12)7-5-3-4-6-10/h9H,3-8,10H2,1-2H3. The van der Waals surface area contributed by atoms with Crippen LogP contribution in [0.5, 0.6) is 0 Å². The molecular weight excluding hydrogens is 186 g/mol. The average molecular weight is 207 g/mol. The molecule has 2 N–H and O–H groups in total. The predicted octanol–water partition coefficient (Wildman–Crippen LogP) is 1.19. The van der Waals surface area contributed by atoms with Crippen molar-refractivity contribution in [2.45, 2.75) is 33.1 Å². The second-order valence-electron chi connectivity index (χ2n) is 3.86. The second kappa shape index (κ2) is 6.38. The summed E-state index contributed by atoms with van der Waals surface area (Å²) < 4.78 is 22.7. The van der Waals surface area contributed by atoms with Crippen LogP contribution in [0.15, 0.2) is 0 Å². The van der Waals surface area contributed by atoms with Gasteiger partial charge in [0.05, 0.1) is 11.5 Å². The highest BCUT2D eigenvalue weighted by Crippen LogP contribution is 2.04. The van der Waals surface area contributed by atoms with Crippen molar-refractivity contribution < 1.29 is 8.42 Å². The fraction of sp³-hybridized carbons (Fsp3) is 1.00. The minimum Gasteiger partial charge on any atom is -0.330 e. The van der Waals surface area contributed by atoms with Gasteiger partial charge in [-0.3, -0.25) is 0 Å². The van der Waals surface area contributed by atoms with Gasteiger partial charge in [-0.15, -0.1) is 0 Å². The van der Waals surface area contributed by atoms with Crippen LogP contribution in [-0.4, -0.2) is 26.5 Å². The predicted molar refractivity (Wildman–Crippen MR) is 56.4 cm³/mol. The first-order valence-corrected chi connectivity index (χ1v) is 6.70. The molecule has 0 aliphatic heterocycles. The summed E-state index contributed by atoms with van der Waals surface area (Å²) in [4.78, 5) is 0. The molecule has 0 aliphatic carbocycles. The second-order valence-corrected chi connectivity index (χ2v) is 6.09. The number of hydrogen-bond donors (Lipinski definition) is 1. The Balaban J connectivity index is 3.64. The smallest absolute Gasteiger partial charge is 0.150 e. The maximum Gasteiger partial charge on any atom is 0.150 e. The summed E-state index contributed by atoms with van der Waals surface area (Å²) in [5.74, 6) is 0.875. The highest BCUT2D eigenvalue weighted by molar-refractivity contribution is 7.91. The summed E-state index contributed by atoms with van der Waals surface area (Å²) in [5, 5.41) is 0. The molecule has 0 amide bonds. The van der Waals surface area contributed by atoms with Crippen molar-refractivity contribution in [1.82, 2.24) is 0 Å². The van der Waals surface area contributed by atoms with Crippen LogP contribution in [0.2, 0.25) is 0 Å². The summed E-state index contributed by atoms with van der Waals surface area (Å²) in [6, 6.07) is 0. The van der Waals surface area contributed by atoms with E-state index in [9.17, 15) is 8.42 Å². The van der Waals surface area contributed by atoms with Crippen LogP contribution in [0.1, 0.15) is 33.1 Å². The monoisotopic (exact) mass is 207 g/mol. The van der Waals surface area contributed by atoms with Crippen molar-refractivity contribution >= 4 is 9.84 Å². The van der Waals surface area contributed by atoms with Gasteiger partial charge in [-0.1, -0.05) is 20.3 Å². The zero-order valence-corrected chi connectivity index (χ0v) is 9.44. The number of hydrogen-bond acceptors (Lipinski definition) is 3. The topological polar surface area (TPSA) is 60.2 Å². The summed E-state index contributed by atoms with van der Waals surface area (Å²) in [6.45, 7) is 4.51. The third-order valence-corrected chi connectivity index (χ3v) is 3.83. The number of sulfone groups is 1. The van der Waals surface area contributed by atoms with Crippen LogP contribution in [0.4, 0.5) is 0 Å². The molecule has 3 nitrogen and oxygen atoms in total. The van der Waals surface area contributed by atoms with Crippen LogP contribution >= 0.6 is 0 Å². The minimum absolute atomic E-state index is 0.236. The normalized spacial score (nSPS) is 12.3. The molecule has 80 valence electrons. The molecule has 0 radical (unpaired) electrons. The quantitative estimate of drug-likeness (QED) is 0.638. The van der Waals surface area contributed by atoms with E-state index in [0.717, 1.165) is 19.3 Å². The van der Waals surface area contributed by atoms with Crippen molar-refractivity contribution in [2.75, 3.05) is 18.1 Å². The summed E-state index contributed by atoms with van der Waals surface area (Å²) in [6.07, 6.45) is 2.61. The van der Waals surface area contributed by atoms with Gasteiger partial charge in [-0.25, -0.2) is 8.42 Å². The lowest BCUT2D eigenvalue weighted by Crippen LogP contribution is -2.15. The highest BCUT2D eigenvalue weighted by Gasteiger charge is 2.11. The van der Waals surface area contributed by atoms with Crippen LogP contribution in [0.25, 0.3) is 0 Å². The third-order valence-electron chi connectivity index (χ3n) is 1.75. The van der Waals surface area contributed by atoms with Crippen LogP contribution in [-0.2, 0) is 9.84 Å². The van der Waals surface area contributed by atoms with E-state index in [1.807, 2.05) is 13.8 Å². The minimum atomic E-state index is -2.80. The van der Waals surface area contributed by atoms with E-state index in [1.54, 1.807) is 0 Å². The lowest BCUT2D eigenvalue weighted by molar-refractivity contribution is 0.577. The van der Waals surface area contributed by atoms with E-state index in [0.29, 0.717) is 18.1 Å². The van der Waals surface area contributed by atoms with Gasteiger partial charge in [-0.2, -0.15) is 0 Å². The lowest BCUT2D eigenvalue weighted by Gasteiger charge is -2.06. The van der Waals surface area contributed by atoms with E-state index < -0.39 is 9.84 Å². The van der Waals surface area contributed by atoms with Crippen molar-refractivity contribution in [2.24, 2.45) is 11.7 Å². The molecule has 0 aromatic heterocycles. The largest absolute Gasteiger partial charge is 0.330 e. The maximum atomic E-state index is 11.4. The molecule has 4 heteroatoms. The van der Waals surface area contributed by atoms with Gasteiger partial charge < -0.3 is 5.73 Å². The molecule has 0 rings (SSSR count). The van der Waals surface area contributed by atoms with Gasteiger partial charge >= 0.3 is 0 Å². The Bertz CT molecular complexity index is 210. The van der Waals surface area contributed by atoms with Crippen LogP contribution in [0, 0.1) is 5.92 Å². The average Bonchev–Trinajstić information content (AvgIpc) is 1.95. The van der Waals surface area contributed by atoms with Gasteiger partial charge in [0.15, 0.2) is 9.84 Å². The zero-order valence-electron chi connectivity index (χ0n) is 8.62. The SMILES string of the molecule is CC(C)CS(=O)(=O)CCCCCN. The Morgan fingerprint density at radius 1 is 1.15 bits per heavy atom. The third kappa shape index (κ3) is 8.25. The summed E-state index contributed by atoms with van der Waals surface area (Å²) >= 11 is 0. The molecule has 0 atom stereocenters. The number of nitrogens with two attached hydrogens (primary N) is 1. The zero-order chi connectivity index (χ0) is 10.3. The molecule has 0 saturated heterocycles. The molecule has 0 fully saturated rings. The van der Waals surface area contributed by atoms with Gasteiger partial charge in [0.1, 0.15) is 0 Å². The highest BCUT2D eigenvalue weighted by atomic mass is 32.2. The Morgan fingerprint density at radius 3 is 2.23 bits per heavy atom. The van der Waals surface area contributed by atoms with E-state index >= 15 is 0 Å². The van der Waals surface area contributed by atoms with Crippen molar-refractivity contribution in [3.05, 3.63) is 0 Å². The Morgan fingerprint density at radius 2 is 1.77 bits per heavy atom. The van der Waals surface area contributed by atoms with Crippen molar-refractivity contribution in [1.29, 1.82) is 0 Å². The Kier molecular flexibility index (Phi) is 6.33. The van der Waals surface area contributed by atoms with Gasteiger partial charge in [-0.05, 0) is 25.3 Å². The van der Waals surface area contributed by atoms with Crippen molar-refractivity contribution in [3.63, 3.8) is 0 Å². The molecule has 0 aliphatic rings. The number of unbranched alkanes of at least 4 members (excludes halogenated alkanes) is 2. The van der Waals surface area contributed by atoms with Gasteiger partial charge in [0, 0.05) is 0 Å². The molecule has 0 aromatic rings. The van der Waals surface area contributed by atoms with E-state index in [2.05, 4.69) is 0 Å². The molecule has 0 aromatic carbocycles. The fourth-order valence-corrected chi connectivity index (χ4v) is 3.06. The molecule has 0 bridgehead atoms. The molecule has 13 heavy (non-hydrogen) atoms. The van der Waals surface area contributed by atoms with Gasteiger partial charge in [0.25, 0.3) is 0 Å². The molecule has 0 spiro atoms. The molecular formula is C9H21NO2S. The van der Waals surface area contributed by atoms with Crippen LogP contribution in [0.3, 0.4) is 0 Å². The molecule has 0 unspecified atom stereocenters. The fourth-order valence-electron chi connectivity index (χ4n) is 1.23. The molecule has 0 saturated carbocycles. The lowest BCUT2D eigenvalue weighted by atomic mass is 10.2. The van der Waals surface area contributed by atoms with Crippen molar-refractivity contribution in [3.8, 4) is 0 Å². The van der Waals surface area contributed by atoms with E-state index in [4.69, 9.17) is 5.73 Å². The van der Waals surface area contributed by atoms with E-state index in [-0.39, 0.29) is 5.92 Å². The summed E-state index contributed by atoms with van der Waals surface area (Å²) in [5.41, 5.74) is 5.31. The maximum absolute atomic E-state index is 11.4. The number of rotatable bonds is 7. The Hall–Kier alpha value is -0.0900. The first kappa shape index (κ1) is 12.9. The Labute approximate surface area is 81.6 Å².